The van der Waals surface area contributed by atoms with E-state index >= 15 is 0 Å². The van der Waals surface area contributed by atoms with Crippen molar-refractivity contribution in [3.63, 3.8) is 0 Å². The second-order valence-electron chi connectivity index (χ2n) is 7.85. The van der Waals surface area contributed by atoms with Crippen molar-refractivity contribution in [2.45, 2.75) is 20.8 Å². The van der Waals surface area contributed by atoms with Gasteiger partial charge in [-0.05, 0) is 71.4 Å². The molecule has 0 amide bonds. The lowest BCUT2D eigenvalue weighted by molar-refractivity contribution is 1.40. The molecule has 178 valence electrons. The fourth-order valence-corrected chi connectivity index (χ4v) is 3.16. The molecule has 0 aromatic heterocycles. The number of hydrogen-bond donors (Lipinski definition) is 0. The SMILES string of the molecule is C=C\C=C(/C=C(C=C)/C(C)=C/C=C\C(=C)c1ccccc1)C(=C)\C=C/C=C(C)/C(/C=C\C)=C/C=C. The van der Waals surface area contributed by atoms with Gasteiger partial charge in [0, 0.05) is 0 Å². The number of benzene rings is 1. The third-order valence-corrected chi connectivity index (χ3v) is 5.19. The van der Waals surface area contributed by atoms with Gasteiger partial charge in [0.25, 0.3) is 0 Å². The molecule has 35 heavy (non-hydrogen) atoms. The van der Waals surface area contributed by atoms with Crippen molar-refractivity contribution in [1.29, 1.82) is 0 Å². The number of allylic oxidation sites excluding steroid dienone is 21. The molecule has 1 rings (SSSR count). The lowest BCUT2D eigenvalue weighted by Gasteiger charge is -2.07. The molecule has 0 unspecified atom stereocenters. The van der Waals surface area contributed by atoms with Crippen molar-refractivity contribution in [2.75, 3.05) is 0 Å². The smallest absolute Gasteiger partial charge is 0.0184 e. The molecule has 0 N–H and O–H groups in total. The van der Waals surface area contributed by atoms with Crippen molar-refractivity contribution < 1.29 is 0 Å². The quantitative estimate of drug-likeness (QED) is 0.258. The summed E-state index contributed by atoms with van der Waals surface area (Å²) in [6.45, 7) is 26.2. The highest BCUT2D eigenvalue weighted by atomic mass is 14.1. The predicted octanol–water partition coefficient (Wildman–Crippen LogP) is 10.2. The zero-order valence-corrected chi connectivity index (χ0v) is 21.5. The van der Waals surface area contributed by atoms with Crippen LogP contribution in [0.25, 0.3) is 5.57 Å². The van der Waals surface area contributed by atoms with Crippen LogP contribution >= 0.6 is 0 Å². The molecule has 0 radical (unpaired) electrons. The van der Waals surface area contributed by atoms with Crippen LogP contribution < -0.4 is 0 Å². The maximum absolute atomic E-state index is 4.25. The van der Waals surface area contributed by atoms with E-state index in [9.17, 15) is 0 Å². The molecule has 0 nitrogen and oxygen atoms in total. The zero-order chi connectivity index (χ0) is 26.1. The summed E-state index contributed by atoms with van der Waals surface area (Å²) >= 11 is 0. The molecule has 0 bridgehead atoms. The highest BCUT2D eigenvalue weighted by molar-refractivity contribution is 5.72. The third kappa shape index (κ3) is 10.5. The van der Waals surface area contributed by atoms with E-state index in [1.54, 1.807) is 12.2 Å². The lowest BCUT2D eigenvalue weighted by atomic mass is 9.98. The van der Waals surface area contributed by atoms with E-state index in [2.05, 4.69) is 83.2 Å². The fraction of sp³-hybridized carbons (Fsp3) is 0.0857. The van der Waals surface area contributed by atoms with Crippen LogP contribution in [0.1, 0.15) is 26.3 Å². The van der Waals surface area contributed by atoms with Gasteiger partial charge in [0.15, 0.2) is 0 Å². The second-order valence-corrected chi connectivity index (χ2v) is 7.85. The lowest BCUT2D eigenvalue weighted by Crippen LogP contribution is -1.87. The summed E-state index contributed by atoms with van der Waals surface area (Å²) < 4.78 is 0. The Morgan fingerprint density at radius 1 is 0.686 bits per heavy atom. The molecular weight excluding hydrogens is 420 g/mol. The van der Waals surface area contributed by atoms with E-state index in [1.165, 1.54) is 0 Å². The van der Waals surface area contributed by atoms with Gasteiger partial charge in [-0.3, -0.25) is 0 Å². The average molecular weight is 459 g/mol. The Balaban J connectivity index is 3.09. The molecule has 1 aromatic rings. The standard InChI is InChI=1S/C35H38/c1-9-18-33(19-10-2)29(6)22-17-24-31(8)35(20-11-3)27-32(12-4)28(5)21-16-23-30(7)34-25-14-13-15-26-34/h9-27H,1,3-4,7-8H2,2,5-6H3/b19-10-,23-16-,24-17-,28-21+,29-22+,32-27+,33-18+,35-20+. The summed E-state index contributed by atoms with van der Waals surface area (Å²) in [7, 11) is 0. The van der Waals surface area contributed by atoms with Crippen LogP contribution in [0.2, 0.25) is 0 Å². The maximum Gasteiger partial charge on any atom is -0.0184 e. The molecule has 0 aliphatic rings. The summed E-state index contributed by atoms with van der Waals surface area (Å²) in [5.41, 5.74) is 8.30. The van der Waals surface area contributed by atoms with E-state index in [1.807, 2.05) is 73.7 Å². The van der Waals surface area contributed by atoms with Crippen LogP contribution in [0.5, 0.6) is 0 Å². The molecule has 0 saturated heterocycles. The summed E-state index contributed by atoms with van der Waals surface area (Å²) in [5.74, 6) is 0. The van der Waals surface area contributed by atoms with E-state index in [0.717, 1.165) is 44.6 Å². The Morgan fingerprint density at radius 3 is 1.83 bits per heavy atom. The maximum atomic E-state index is 4.25. The molecule has 0 heteroatoms. The topological polar surface area (TPSA) is 0 Å². The summed E-state index contributed by atoms with van der Waals surface area (Å²) in [6.07, 6.45) is 27.7. The van der Waals surface area contributed by atoms with Crippen molar-refractivity contribution in [3.8, 4) is 0 Å². The van der Waals surface area contributed by atoms with E-state index in [-0.39, 0.29) is 0 Å². The Hall–Kier alpha value is -4.16. The first-order valence-electron chi connectivity index (χ1n) is 11.6. The summed E-state index contributed by atoms with van der Waals surface area (Å²) in [5, 5.41) is 0. The second kappa shape index (κ2) is 16.5. The van der Waals surface area contributed by atoms with Crippen LogP contribution in [0, 0.1) is 0 Å². The van der Waals surface area contributed by atoms with E-state index < -0.39 is 0 Å². The van der Waals surface area contributed by atoms with Crippen LogP contribution in [0.4, 0.5) is 0 Å². The van der Waals surface area contributed by atoms with Gasteiger partial charge in [0.2, 0.25) is 0 Å². The highest BCUT2D eigenvalue weighted by Gasteiger charge is 2.01. The van der Waals surface area contributed by atoms with Crippen LogP contribution in [0.3, 0.4) is 0 Å². The van der Waals surface area contributed by atoms with Gasteiger partial charge in [-0.15, -0.1) is 0 Å². The molecule has 1 aromatic carbocycles. The Bertz CT molecular complexity index is 1160. The first-order valence-corrected chi connectivity index (χ1v) is 11.6. The van der Waals surface area contributed by atoms with E-state index in [0.29, 0.717) is 0 Å². The van der Waals surface area contributed by atoms with Gasteiger partial charge < -0.3 is 0 Å². The molecule has 0 atom stereocenters. The zero-order valence-electron chi connectivity index (χ0n) is 21.5. The molecule has 0 aliphatic heterocycles. The largest absolute Gasteiger partial charge is 0.0990 e. The normalized spacial score (nSPS) is 14.1. The van der Waals surface area contributed by atoms with Crippen molar-refractivity contribution in [2.24, 2.45) is 0 Å². The van der Waals surface area contributed by atoms with E-state index in [4.69, 9.17) is 0 Å². The van der Waals surface area contributed by atoms with Crippen molar-refractivity contribution in [3.05, 3.63) is 187 Å². The van der Waals surface area contributed by atoms with Gasteiger partial charge in [-0.2, -0.15) is 0 Å². The first kappa shape index (κ1) is 28.9. The molecule has 0 spiro atoms. The Morgan fingerprint density at radius 2 is 1.26 bits per heavy atom. The van der Waals surface area contributed by atoms with Crippen LogP contribution in [-0.4, -0.2) is 0 Å². The van der Waals surface area contributed by atoms with Crippen LogP contribution in [-0.2, 0) is 0 Å². The van der Waals surface area contributed by atoms with Gasteiger partial charge in [-0.1, -0.05) is 142 Å². The predicted molar refractivity (Wildman–Crippen MR) is 160 cm³/mol. The van der Waals surface area contributed by atoms with Gasteiger partial charge in [0.05, 0.1) is 0 Å². The molecular formula is C35H38. The number of hydrogen-bond acceptors (Lipinski definition) is 0. The van der Waals surface area contributed by atoms with Crippen molar-refractivity contribution >= 4 is 5.57 Å². The summed E-state index contributed by atoms with van der Waals surface area (Å²) in [4.78, 5) is 0. The van der Waals surface area contributed by atoms with Gasteiger partial charge >= 0.3 is 0 Å². The monoisotopic (exact) mass is 458 g/mol. The Labute approximate surface area is 213 Å². The first-order chi connectivity index (χ1) is 16.9. The molecule has 0 aliphatic carbocycles. The minimum Gasteiger partial charge on any atom is -0.0990 e. The van der Waals surface area contributed by atoms with Gasteiger partial charge in [-0.25, -0.2) is 0 Å². The number of rotatable bonds is 13. The minimum atomic E-state index is 0.884. The van der Waals surface area contributed by atoms with Crippen LogP contribution in [0.15, 0.2) is 182 Å². The average Bonchev–Trinajstić information content (AvgIpc) is 2.86. The van der Waals surface area contributed by atoms with Crippen molar-refractivity contribution in [1.82, 2.24) is 0 Å². The highest BCUT2D eigenvalue weighted by Crippen LogP contribution is 2.20. The minimum absolute atomic E-state index is 0.884. The summed E-state index contributed by atoms with van der Waals surface area (Å²) in [6, 6.07) is 10.1. The third-order valence-electron chi connectivity index (χ3n) is 5.19. The molecule has 0 fully saturated rings. The van der Waals surface area contributed by atoms with Gasteiger partial charge in [0.1, 0.15) is 0 Å². The molecule has 0 saturated carbocycles. The molecule has 0 heterocycles. The Kier molecular flexibility index (Phi) is 13.6. The fourth-order valence-electron chi connectivity index (χ4n) is 3.16.